The van der Waals surface area contributed by atoms with E-state index in [1.165, 1.54) is 18.2 Å². The minimum atomic E-state index is -3.80. The molecule has 2 aromatic rings. The van der Waals surface area contributed by atoms with Crippen molar-refractivity contribution in [3.8, 4) is 0 Å². The van der Waals surface area contributed by atoms with Crippen LogP contribution in [0.15, 0.2) is 32.3 Å². The largest absolute Gasteiger partial charge is 0.396 e. The van der Waals surface area contributed by atoms with Crippen LogP contribution in [0.4, 0.5) is 15.8 Å². The molecule has 4 nitrogen and oxygen atoms in total. The van der Waals surface area contributed by atoms with Gasteiger partial charge in [0.15, 0.2) is 0 Å². The molecule has 1 aromatic carbocycles. The average Bonchev–Trinajstić information content (AvgIpc) is 2.65. The Morgan fingerprint density at radius 1 is 1.37 bits per heavy atom. The van der Waals surface area contributed by atoms with E-state index >= 15 is 0 Å². The average molecular weight is 386 g/mol. The summed E-state index contributed by atoms with van der Waals surface area (Å²) in [7, 11) is -3.80. The standard InChI is InChI=1S/C10H7BrClFN2O2S2/c11-10-6(12)4-9(18-10)19(16,17)15-5-1-2-8(14)7(13)3-5/h1-4,15H,14H2. The first-order valence-electron chi connectivity index (χ1n) is 4.82. The molecule has 0 aliphatic heterocycles. The zero-order valence-corrected chi connectivity index (χ0v) is 13.1. The zero-order chi connectivity index (χ0) is 14.2. The maximum absolute atomic E-state index is 13.2. The van der Waals surface area contributed by atoms with Crippen molar-refractivity contribution in [1.29, 1.82) is 0 Å². The lowest BCUT2D eigenvalue weighted by Crippen LogP contribution is -2.11. The summed E-state index contributed by atoms with van der Waals surface area (Å²) in [6.45, 7) is 0. The Hall–Kier alpha value is -0.830. The van der Waals surface area contributed by atoms with Crippen LogP contribution in [0.3, 0.4) is 0 Å². The van der Waals surface area contributed by atoms with Crippen LogP contribution >= 0.6 is 38.9 Å². The number of hydrogen-bond donors (Lipinski definition) is 2. The van der Waals surface area contributed by atoms with Crippen molar-refractivity contribution in [1.82, 2.24) is 0 Å². The summed E-state index contributed by atoms with van der Waals surface area (Å²) >= 11 is 9.88. The van der Waals surface area contributed by atoms with Gasteiger partial charge in [-0.1, -0.05) is 11.6 Å². The van der Waals surface area contributed by atoms with Gasteiger partial charge in [-0.25, -0.2) is 12.8 Å². The van der Waals surface area contributed by atoms with E-state index in [0.29, 0.717) is 8.81 Å². The molecule has 0 atom stereocenters. The van der Waals surface area contributed by atoms with Crippen LogP contribution in [0.2, 0.25) is 5.02 Å². The molecule has 0 aliphatic rings. The Morgan fingerprint density at radius 3 is 2.58 bits per heavy atom. The van der Waals surface area contributed by atoms with E-state index in [2.05, 4.69) is 20.7 Å². The number of halogens is 3. The second-order valence-corrected chi connectivity index (χ2v) is 8.22. The van der Waals surface area contributed by atoms with Crippen molar-refractivity contribution in [2.45, 2.75) is 4.21 Å². The topological polar surface area (TPSA) is 72.2 Å². The molecule has 1 aromatic heterocycles. The summed E-state index contributed by atoms with van der Waals surface area (Å²) in [5.74, 6) is -0.689. The SMILES string of the molecule is Nc1ccc(NS(=O)(=O)c2cc(Cl)c(Br)s2)cc1F. The summed E-state index contributed by atoms with van der Waals surface area (Å²) in [5, 5.41) is 0.300. The van der Waals surface area contributed by atoms with Crippen molar-refractivity contribution in [2.24, 2.45) is 0 Å². The van der Waals surface area contributed by atoms with E-state index in [9.17, 15) is 12.8 Å². The fraction of sp³-hybridized carbons (Fsp3) is 0. The number of sulfonamides is 1. The Balaban J connectivity index is 2.33. The molecule has 3 N–H and O–H groups in total. The number of thiophene rings is 1. The predicted octanol–water partition coefficient (Wildman–Crippen LogP) is 3.69. The molecule has 0 amide bonds. The quantitative estimate of drug-likeness (QED) is 0.792. The van der Waals surface area contributed by atoms with Gasteiger partial charge in [0.25, 0.3) is 10.0 Å². The molecular formula is C10H7BrClFN2O2S2. The summed E-state index contributed by atoms with van der Waals surface area (Å²) in [6, 6.07) is 4.98. The fourth-order valence-corrected chi connectivity index (χ4v) is 4.70. The van der Waals surface area contributed by atoms with E-state index in [-0.39, 0.29) is 15.6 Å². The maximum atomic E-state index is 13.2. The van der Waals surface area contributed by atoms with E-state index < -0.39 is 15.8 Å². The third-order valence-electron chi connectivity index (χ3n) is 2.14. The first kappa shape index (κ1) is 14.6. The molecular weight excluding hydrogens is 379 g/mol. The van der Waals surface area contributed by atoms with Gasteiger partial charge in [0.05, 0.1) is 20.2 Å². The van der Waals surface area contributed by atoms with Gasteiger partial charge in [-0.05, 0) is 34.1 Å². The van der Waals surface area contributed by atoms with Gasteiger partial charge >= 0.3 is 0 Å². The number of nitrogens with two attached hydrogens (primary N) is 1. The molecule has 0 fully saturated rings. The van der Waals surface area contributed by atoms with Crippen molar-refractivity contribution < 1.29 is 12.8 Å². The molecule has 9 heteroatoms. The first-order valence-corrected chi connectivity index (χ1v) is 8.29. The number of hydrogen-bond acceptors (Lipinski definition) is 4. The van der Waals surface area contributed by atoms with Gasteiger partial charge < -0.3 is 5.73 Å². The number of nitrogen functional groups attached to an aromatic ring is 1. The van der Waals surface area contributed by atoms with Gasteiger partial charge in [-0.3, -0.25) is 4.72 Å². The molecule has 0 saturated heterocycles. The Kier molecular flexibility index (Phi) is 4.05. The molecule has 2 rings (SSSR count). The molecule has 0 saturated carbocycles. The van der Waals surface area contributed by atoms with Crippen LogP contribution in [0, 0.1) is 5.82 Å². The third kappa shape index (κ3) is 3.19. The highest BCUT2D eigenvalue weighted by Crippen LogP contribution is 2.35. The zero-order valence-electron chi connectivity index (χ0n) is 9.15. The van der Waals surface area contributed by atoms with Crippen LogP contribution in [0.1, 0.15) is 0 Å². The minimum Gasteiger partial charge on any atom is -0.396 e. The monoisotopic (exact) mass is 384 g/mol. The molecule has 0 spiro atoms. The van der Waals surface area contributed by atoms with E-state index in [0.717, 1.165) is 17.4 Å². The van der Waals surface area contributed by atoms with Crippen LogP contribution in [-0.4, -0.2) is 8.42 Å². The van der Waals surface area contributed by atoms with Crippen LogP contribution in [0.5, 0.6) is 0 Å². The molecule has 1 heterocycles. The summed E-state index contributed by atoms with van der Waals surface area (Å²) in [4.78, 5) is 0. The number of nitrogens with one attached hydrogen (secondary N) is 1. The van der Waals surface area contributed by atoms with Gasteiger partial charge in [-0.2, -0.15) is 0 Å². The first-order chi connectivity index (χ1) is 8.79. The molecule has 0 aliphatic carbocycles. The lowest BCUT2D eigenvalue weighted by Gasteiger charge is -2.06. The van der Waals surface area contributed by atoms with Crippen LogP contribution in [-0.2, 0) is 10.0 Å². The highest BCUT2D eigenvalue weighted by atomic mass is 79.9. The lowest BCUT2D eigenvalue weighted by atomic mass is 10.3. The predicted molar refractivity (Wildman–Crippen MR) is 78.6 cm³/mol. The summed E-state index contributed by atoms with van der Waals surface area (Å²) in [5.41, 5.74) is 5.35. The van der Waals surface area contributed by atoms with E-state index in [1.807, 2.05) is 0 Å². The second-order valence-electron chi connectivity index (χ2n) is 3.53. The number of rotatable bonds is 3. The van der Waals surface area contributed by atoms with Crippen LogP contribution in [0.25, 0.3) is 0 Å². The number of anilines is 2. The highest BCUT2D eigenvalue weighted by molar-refractivity contribution is 9.11. The molecule has 0 radical (unpaired) electrons. The summed E-state index contributed by atoms with van der Waals surface area (Å²) < 4.78 is 40.1. The normalized spacial score (nSPS) is 11.5. The van der Waals surface area contributed by atoms with Crippen molar-refractivity contribution in [3.63, 3.8) is 0 Å². The highest BCUT2D eigenvalue weighted by Gasteiger charge is 2.19. The molecule has 0 bridgehead atoms. The van der Waals surface area contributed by atoms with E-state index in [1.54, 1.807) is 0 Å². The maximum Gasteiger partial charge on any atom is 0.271 e. The Labute approximate surface area is 126 Å². The van der Waals surface area contributed by atoms with Gasteiger partial charge in [0, 0.05) is 6.07 Å². The lowest BCUT2D eigenvalue weighted by molar-refractivity contribution is 0.603. The van der Waals surface area contributed by atoms with E-state index in [4.69, 9.17) is 17.3 Å². The van der Waals surface area contributed by atoms with Gasteiger partial charge in [0.1, 0.15) is 10.0 Å². The number of benzene rings is 1. The molecule has 102 valence electrons. The third-order valence-corrected chi connectivity index (χ3v) is 6.47. The molecule has 19 heavy (non-hydrogen) atoms. The Bertz CT molecular complexity index is 714. The summed E-state index contributed by atoms with van der Waals surface area (Å²) in [6.07, 6.45) is 0. The van der Waals surface area contributed by atoms with Crippen molar-refractivity contribution in [2.75, 3.05) is 10.5 Å². The van der Waals surface area contributed by atoms with Crippen molar-refractivity contribution in [3.05, 3.63) is 38.9 Å². The second kappa shape index (κ2) is 5.28. The van der Waals surface area contributed by atoms with Crippen molar-refractivity contribution >= 4 is 60.3 Å². The minimum absolute atomic E-state index is 0.0293. The van der Waals surface area contributed by atoms with Gasteiger partial charge in [0.2, 0.25) is 0 Å². The van der Waals surface area contributed by atoms with Gasteiger partial charge in [-0.15, -0.1) is 11.3 Å². The smallest absolute Gasteiger partial charge is 0.271 e. The fourth-order valence-electron chi connectivity index (χ4n) is 1.26. The van der Waals surface area contributed by atoms with Crippen LogP contribution < -0.4 is 10.5 Å². The molecule has 0 unspecified atom stereocenters. The Morgan fingerprint density at radius 2 is 2.05 bits per heavy atom.